The predicted octanol–water partition coefficient (Wildman–Crippen LogP) is 2.88. The molecule has 2 heterocycles. The van der Waals surface area contributed by atoms with Crippen molar-refractivity contribution in [2.45, 2.75) is 57.2 Å². The summed E-state index contributed by atoms with van der Waals surface area (Å²) in [6.07, 6.45) is 4.95. The molecule has 2 aromatic rings. The summed E-state index contributed by atoms with van der Waals surface area (Å²) >= 11 is 0. The molecule has 2 aliphatic rings. The topological polar surface area (TPSA) is 64.7 Å². The highest BCUT2D eigenvalue weighted by atomic mass is 16.2. The van der Waals surface area contributed by atoms with Gasteiger partial charge >= 0.3 is 0 Å². The zero-order valence-corrected chi connectivity index (χ0v) is 21.2. The van der Waals surface area contributed by atoms with Gasteiger partial charge in [-0.15, -0.1) is 0 Å². The van der Waals surface area contributed by atoms with E-state index in [2.05, 4.69) is 50.8 Å². The fraction of sp³-hybridized carbons (Fsp3) is 0.517. The van der Waals surface area contributed by atoms with Crippen LogP contribution in [0.2, 0.25) is 0 Å². The Balaban J connectivity index is 1.46. The average Bonchev–Trinajstić information content (AvgIpc) is 3.17. The first-order valence-electron chi connectivity index (χ1n) is 13.1. The van der Waals surface area contributed by atoms with Crippen molar-refractivity contribution >= 4 is 11.8 Å². The van der Waals surface area contributed by atoms with Gasteiger partial charge in [0, 0.05) is 32.1 Å². The Morgan fingerprint density at radius 1 is 0.971 bits per heavy atom. The van der Waals surface area contributed by atoms with Gasteiger partial charge in [0.25, 0.3) is 0 Å². The SMILES string of the molecule is CNC(C)C(=O)NC(Cc1ccccc1)C(=O)N1CCC2CCCN(CCc3ccccc3)CC21. The second kappa shape index (κ2) is 12.3. The zero-order valence-electron chi connectivity index (χ0n) is 21.2. The molecular weight excluding hydrogens is 436 g/mol. The molecule has 35 heavy (non-hydrogen) atoms. The Morgan fingerprint density at radius 2 is 1.66 bits per heavy atom. The predicted molar refractivity (Wildman–Crippen MR) is 140 cm³/mol. The number of likely N-dealkylation sites (N-methyl/N-ethyl adjacent to an activating group) is 1. The minimum Gasteiger partial charge on any atom is -0.343 e. The van der Waals surface area contributed by atoms with Gasteiger partial charge in [-0.1, -0.05) is 60.7 Å². The molecule has 188 valence electrons. The highest BCUT2D eigenvalue weighted by molar-refractivity contribution is 5.90. The van der Waals surface area contributed by atoms with Crippen molar-refractivity contribution in [3.05, 3.63) is 71.8 Å². The second-order valence-electron chi connectivity index (χ2n) is 10.1. The number of carbonyl (C=O) groups excluding carboxylic acids is 2. The largest absolute Gasteiger partial charge is 0.343 e. The summed E-state index contributed by atoms with van der Waals surface area (Å²) in [6.45, 7) is 5.62. The van der Waals surface area contributed by atoms with Crippen molar-refractivity contribution in [2.24, 2.45) is 5.92 Å². The molecule has 4 unspecified atom stereocenters. The number of carbonyl (C=O) groups is 2. The van der Waals surface area contributed by atoms with E-state index >= 15 is 0 Å². The van der Waals surface area contributed by atoms with Crippen molar-refractivity contribution in [3.63, 3.8) is 0 Å². The standard InChI is InChI=1S/C29H40N4O2/c1-22(30-2)28(34)31-26(20-24-12-7-4-8-13-24)29(35)33-19-16-25-14-9-17-32(21-27(25)33)18-15-23-10-5-3-6-11-23/h3-8,10-13,22,25-27,30H,9,14-21H2,1-2H3,(H,31,34). The van der Waals surface area contributed by atoms with Crippen LogP contribution < -0.4 is 10.6 Å². The van der Waals surface area contributed by atoms with Crippen LogP contribution in [0.5, 0.6) is 0 Å². The number of likely N-dealkylation sites (tertiary alicyclic amines) is 2. The third kappa shape index (κ3) is 6.71. The third-order valence-electron chi connectivity index (χ3n) is 7.75. The number of amides is 2. The van der Waals surface area contributed by atoms with Crippen LogP contribution in [0, 0.1) is 5.92 Å². The Morgan fingerprint density at radius 3 is 2.34 bits per heavy atom. The van der Waals surface area contributed by atoms with E-state index in [0.717, 1.165) is 44.6 Å². The van der Waals surface area contributed by atoms with Gasteiger partial charge in [-0.25, -0.2) is 0 Å². The molecule has 2 aromatic carbocycles. The van der Waals surface area contributed by atoms with E-state index in [1.165, 1.54) is 18.4 Å². The second-order valence-corrected chi connectivity index (χ2v) is 10.1. The smallest absolute Gasteiger partial charge is 0.245 e. The highest BCUT2D eigenvalue weighted by Crippen LogP contribution is 2.32. The lowest BCUT2D eigenvalue weighted by Gasteiger charge is -2.33. The quantitative estimate of drug-likeness (QED) is 0.584. The summed E-state index contributed by atoms with van der Waals surface area (Å²) in [7, 11) is 1.76. The molecule has 0 saturated carbocycles. The molecule has 2 N–H and O–H groups in total. The Hall–Kier alpha value is -2.70. The molecule has 4 atom stereocenters. The van der Waals surface area contributed by atoms with E-state index in [1.54, 1.807) is 7.05 Å². The minimum absolute atomic E-state index is 0.0583. The number of benzene rings is 2. The molecule has 4 rings (SSSR count). The van der Waals surface area contributed by atoms with Gasteiger partial charge < -0.3 is 20.4 Å². The summed E-state index contributed by atoms with van der Waals surface area (Å²) < 4.78 is 0. The summed E-state index contributed by atoms with van der Waals surface area (Å²) in [5.74, 6) is 0.468. The van der Waals surface area contributed by atoms with Crippen molar-refractivity contribution in [1.82, 2.24) is 20.4 Å². The molecule has 2 aliphatic heterocycles. The molecule has 0 aliphatic carbocycles. The zero-order chi connectivity index (χ0) is 24.6. The summed E-state index contributed by atoms with van der Waals surface area (Å²) in [4.78, 5) is 31.3. The highest BCUT2D eigenvalue weighted by Gasteiger charge is 2.41. The minimum atomic E-state index is -0.555. The van der Waals surface area contributed by atoms with Crippen LogP contribution in [0.15, 0.2) is 60.7 Å². The monoisotopic (exact) mass is 476 g/mol. The van der Waals surface area contributed by atoms with Crippen LogP contribution in [0.1, 0.15) is 37.3 Å². The lowest BCUT2D eigenvalue weighted by Crippen LogP contribution is -2.55. The molecule has 2 saturated heterocycles. The molecule has 2 fully saturated rings. The van der Waals surface area contributed by atoms with Gasteiger partial charge in [-0.2, -0.15) is 0 Å². The van der Waals surface area contributed by atoms with Crippen LogP contribution in [-0.2, 0) is 22.4 Å². The first-order chi connectivity index (χ1) is 17.0. The maximum absolute atomic E-state index is 13.9. The van der Waals surface area contributed by atoms with E-state index in [-0.39, 0.29) is 23.9 Å². The number of fused-ring (bicyclic) bond motifs is 1. The Bertz CT molecular complexity index is 952. The lowest BCUT2D eigenvalue weighted by molar-refractivity contribution is -0.138. The molecule has 2 amide bonds. The average molecular weight is 477 g/mol. The van der Waals surface area contributed by atoms with Crippen molar-refractivity contribution in [3.8, 4) is 0 Å². The van der Waals surface area contributed by atoms with Crippen LogP contribution in [0.25, 0.3) is 0 Å². The van der Waals surface area contributed by atoms with Crippen LogP contribution in [0.4, 0.5) is 0 Å². The van der Waals surface area contributed by atoms with Crippen LogP contribution >= 0.6 is 0 Å². The molecule has 0 bridgehead atoms. The third-order valence-corrected chi connectivity index (χ3v) is 7.75. The molecule has 6 heteroatoms. The van der Waals surface area contributed by atoms with Gasteiger partial charge in [-0.3, -0.25) is 9.59 Å². The summed E-state index contributed by atoms with van der Waals surface area (Å²) in [6, 6.07) is 19.9. The first kappa shape index (κ1) is 25.4. The fourth-order valence-corrected chi connectivity index (χ4v) is 5.52. The molecule has 0 spiro atoms. The molecule has 6 nitrogen and oxygen atoms in total. The number of nitrogens with one attached hydrogen (secondary N) is 2. The number of rotatable bonds is 9. The van der Waals surface area contributed by atoms with Gasteiger partial charge in [0.05, 0.1) is 6.04 Å². The Labute approximate surface area is 210 Å². The van der Waals surface area contributed by atoms with E-state index in [4.69, 9.17) is 0 Å². The fourth-order valence-electron chi connectivity index (χ4n) is 5.52. The van der Waals surface area contributed by atoms with E-state index < -0.39 is 6.04 Å². The van der Waals surface area contributed by atoms with Crippen LogP contribution in [0.3, 0.4) is 0 Å². The molecule has 0 radical (unpaired) electrons. The van der Waals surface area contributed by atoms with Gasteiger partial charge in [0.1, 0.15) is 6.04 Å². The number of hydrogen-bond acceptors (Lipinski definition) is 4. The van der Waals surface area contributed by atoms with Gasteiger partial charge in [-0.05, 0) is 63.2 Å². The summed E-state index contributed by atoms with van der Waals surface area (Å²) in [5.41, 5.74) is 2.42. The Kier molecular flexibility index (Phi) is 8.94. The van der Waals surface area contributed by atoms with E-state index in [9.17, 15) is 9.59 Å². The van der Waals surface area contributed by atoms with E-state index in [1.807, 2.05) is 37.3 Å². The first-order valence-corrected chi connectivity index (χ1v) is 13.1. The van der Waals surface area contributed by atoms with Gasteiger partial charge in [0.2, 0.25) is 11.8 Å². The summed E-state index contributed by atoms with van der Waals surface area (Å²) in [5, 5.41) is 6.04. The van der Waals surface area contributed by atoms with E-state index in [0.29, 0.717) is 12.3 Å². The van der Waals surface area contributed by atoms with Crippen molar-refractivity contribution in [2.75, 3.05) is 33.2 Å². The number of hydrogen-bond donors (Lipinski definition) is 2. The lowest BCUT2D eigenvalue weighted by atomic mass is 9.96. The maximum atomic E-state index is 13.9. The van der Waals surface area contributed by atoms with Crippen molar-refractivity contribution < 1.29 is 9.59 Å². The normalized spacial score (nSPS) is 22.2. The molecular formula is C29H40N4O2. The molecule has 0 aromatic heterocycles. The van der Waals surface area contributed by atoms with Crippen LogP contribution in [-0.4, -0.2) is 73.0 Å². The van der Waals surface area contributed by atoms with Gasteiger partial charge in [0.15, 0.2) is 0 Å². The van der Waals surface area contributed by atoms with Crippen molar-refractivity contribution in [1.29, 1.82) is 0 Å². The maximum Gasteiger partial charge on any atom is 0.245 e. The number of nitrogens with zero attached hydrogens (tertiary/aromatic N) is 2.